The molecular formula is C7H8N2O5S. The number of hydrogen-bond acceptors (Lipinski definition) is 6. The van der Waals surface area contributed by atoms with Gasteiger partial charge in [0.05, 0.1) is 13.3 Å². The van der Waals surface area contributed by atoms with E-state index in [2.05, 4.69) is 14.7 Å². The number of ether oxygens (including phenoxy) is 1. The van der Waals surface area contributed by atoms with Crippen LogP contribution in [0, 0.1) is 0 Å². The summed E-state index contributed by atoms with van der Waals surface area (Å²) in [6, 6.07) is 0. The summed E-state index contributed by atoms with van der Waals surface area (Å²) in [5.41, 5.74) is -0.163. The highest BCUT2D eigenvalue weighted by Crippen LogP contribution is 2.17. The summed E-state index contributed by atoms with van der Waals surface area (Å²) in [5.74, 6) is -0.822. The number of methoxy groups -OCH3 is 1. The van der Waals surface area contributed by atoms with E-state index in [1.165, 1.54) is 14.0 Å². The summed E-state index contributed by atoms with van der Waals surface area (Å²) in [4.78, 5) is 17.9. The smallest absolute Gasteiger partial charge is 0.317 e. The number of rotatable bonds is 3. The van der Waals surface area contributed by atoms with Crippen molar-refractivity contribution in [1.29, 1.82) is 0 Å². The average Bonchev–Trinajstić information content (AvgIpc) is 2.15. The lowest BCUT2D eigenvalue weighted by Gasteiger charge is -2.04. The molecule has 0 saturated heterocycles. The number of hydrogen-bond donors (Lipinski definition) is 1. The van der Waals surface area contributed by atoms with Crippen LogP contribution in [0.1, 0.15) is 17.4 Å². The Labute approximate surface area is 85.9 Å². The van der Waals surface area contributed by atoms with E-state index in [9.17, 15) is 13.2 Å². The molecule has 0 fully saturated rings. The summed E-state index contributed by atoms with van der Waals surface area (Å²) in [5, 5.41) is -0.766. The van der Waals surface area contributed by atoms with Crippen molar-refractivity contribution in [1.82, 2.24) is 9.97 Å². The van der Waals surface area contributed by atoms with Crippen molar-refractivity contribution in [2.45, 2.75) is 11.9 Å². The van der Waals surface area contributed by atoms with Crippen LogP contribution in [-0.2, 0) is 10.1 Å². The highest BCUT2D eigenvalue weighted by Gasteiger charge is 2.21. The van der Waals surface area contributed by atoms with Crippen molar-refractivity contribution in [3.63, 3.8) is 0 Å². The molecule has 1 aromatic heterocycles. The molecule has 8 heteroatoms. The third-order valence-corrected chi connectivity index (χ3v) is 2.26. The molecule has 0 bridgehead atoms. The first kappa shape index (κ1) is 11.5. The second kappa shape index (κ2) is 3.91. The Hall–Kier alpha value is -1.54. The Kier molecular flexibility index (Phi) is 3.01. The minimum Gasteiger partial charge on any atom is -0.479 e. The van der Waals surface area contributed by atoms with E-state index in [1.807, 2.05) is 0 Å². The van der Waals surface area contributed by atoms with E-state index in [4.69, 9.17) is 4.55 Å². The summed E-state index contributed by atoms with van der Waals surface area (Å²) in [6.45, 7) is 1.20. The molecule has 1 heterocycles. The molecular weight excluding hydrogens is 224 g/mol. The fraction of sp³-hybridized carbons (Fsp3) is 0.286. The maximum Gasteiger partial charge on any atom is 0.317 e. The molecule has 0 atom stereocenters. The lowest BCUT2D eigenvalue weighted by Crippen LogP contribution is -2.09. The van der Waals surface area contributed by atoms with Gasteiger partial charge in [0.15, 0.2) is 5.78 Å². The van der Waals surface area contributed by atoms with Crippen LogP contribution in [-0.4, -0.2) is 35.8 Å². The van der Waals surface area contributed by atoms with Gasteiger partial charge >= 0.3 is 10.1 Å². The maximum atomic E-state index is 10.9. The molecule has 0 radical (unpaired) electrons. The van der Waals surface area contributed by atoms with Crippen LogP contribution in [0.5, 0.6) is 5.88 Å². The molecule has 1 N–H and O–H groups in total. The molecule has 0 aliphatic rings. The van der Waals surface area contributed by atoms with Crippen LogP contribution in [0.2, 0.25) is 0 Å². The van der Waals surface area contributed by atoms with Gasteiger partial charge in [-0.05, 0) is 0 Å². The van der Waals surface area contributed by atoms with Gasteiger partial charge in [0.2, 0.25) is 5.03 Å². The highest BCUT2D eigenvalue weighted by atomic mass is 32.2. The van der Waals surface area contributed by atoms with Gasteiger partial charge in [0, 0.05) is 6.92 Å². The van der Waals surface area contributed by atoms with Gasteiger partial charge in [-0.3, -0.25) is 9.35 Å². The van der Waals surface area contributed by atoms with E-state index in [-0.39, 0.29) is 11.6 Å². The van der Waals surface area contributed by atoms with E-state index in [0.29, 0.717) is 0 Å². The summed E-state index contributed by atoms with van der Waals surface area (Å²) in [6.07, 6.45) is 1.07. The van der Waals surface area contributed by atoms with Crippen molar-refractivity contribution < 1.29 is 22.5 Å². The van der Waals surface area contributed by atoms with Crippen LogP contribution < -0.4 is 4.74 Å². The van der Waals surface area contributed by atoms with Gasteiger partial charge in [-0.2, -0.15) is 8.42 Å². The van der Waals surface area contributed by atoms with E-state index in [1.54, 1.807) is 0 Å². The minimum absolute atomic E-state index is 0.163. The highest BCUT2D eigenvalue weighted by molar-refractivity contribution is 7.85. The second-order valence-corrected chi connectivity index (χ2v) is 3.94. The topological polar surface area (TPSA) is 106 Å². The Morgan fingerprint density at radius 3 is 2.53 bits per heavy atom. The first-order valence-electron chi connectivity index (χ1n) is 3.75. The fourth-order valence-electron chi connectivity index (χ4n) is 0.839. The van der Waals surface area contributed by atoms with Crippen molar-refractivity contribution in [3.05, 3.63) is 11.9 Å². The van der Waals surface area contributed by atoms with Crippen LogP contribution >= 0.6 is 0 Å². The summed E-state index contributed by atoms with van der Waals surface area (Å²) in [7, 11) is -3.38. The van der Waals surface area contributed by atoms with E-state index < -0.39 is 20.9 Å². The molecule has 0 amide bonds. The predicted molar refractivity (Wildman–Crippen MR) is 48.4 cm³/mol. The molecule has 15 heavy (non-hydrogen) atoms. The standard InChI is InChI=1S/C7H8N2O5S/c1-4(10)5-3-8-6(14-2)7(9-5)15(11,12)13/h3H,1-2H3,(H,11,12,13). The molecule has 82 valence electrons. The Morgan fingerprint density at radius 2 is 2.13 bits per heavy atom. The minimum atomic E-state index is -4.55. The third kappa shape index (κ3) is 2.48. The number of Topliss-reactive ketones (excluding diaryl/α,β-unsaturated/α-hetero) is 1. The number of carbonyl (C=O) groups excluding carboxylic acids is 1. The van der Waals surface area contributed by atoms with Crippen LogP contribution in [0.15, 0.2) is 11.2 Å². The lowest BCUT2D eigenvalue weighted by molar-refractivity contribution is 0.101. The molecule has 0 saturated carbocycles. The monoisotopic (exact) mass is 232 g/mol. The van der Waals surface area contributed by atoms with Crippen molar-refractivity contribution in [2.24, 2.45) is 0 Å². The van der Waals surface area contributed by atoms with Crippen LogP contribution in [0.4, 0.5) is 0 Å². The Bertz CT molecular complexity index is 496. The van der Waals surface area contributed by atoms with Crippen LogP contribution in [0.3, 0.4) is 0 Å². The molecule has 0 spiro atoms. The Morgan fingerprint density at radius 1 is 1.53 bits per heavy atom. The third-order valence-electron chi connectivity index (χ3n) is 1.51. The fourth-order valence-corrected chi connectivity index (χ4v) is 1.41. The molecule has 1 aromatic rings. The zero-order valence-electron chi connectivity index (χ0n) is 7.96. The molecule has 0 aliphatic carbocycles. The van der Waals surface area contributed by atoms with Gasteiger partial charge in [0.1, 0.15) is 5.69 Å². The second-order valence-electron chi connectivity index (χ2n) is 2.60. The largest absolute Gasteiger partial charge is 0.479 e. The van der Waals surface area contributed by atoms with Gasteiger partial charge in [-0.15, -0.1) is 0 Å². The van der Waals surface area contributed by atoms with Gasteiger partial charge in [0.25, 0.3) is 5.88 Å². The summed E-state index contributed by atoms with van der Waals surface area (Å²) < 4.78 is 35.1. The zero-order valence-corrected chi connectivity index (χ0v) is 8.78. The van der Waals surface area contributed by atoms with Crippen molar-refractivity contribution in [3.8, 4) is 5.88 Å². The maximum absolute atomic E-state index is 10.9. The van der Waals surface area contributed by atoms with Gasteiger partial charge in [-0.1, -0.05) is 0 Å². The first-order chi connectivity index (χ1) is 6.86. The van der Waals surface area contributed by atoms with Crippen LogP contribution in [0.25, 0.3) is 0 Å². The van der Waals surface area contributed by atoms with Gasteiger partial charge in [-0.25, -0.2) is 9.97 Å². The number of nitrogens with zero attached hydrogens (tertiary/aromatic N) is 2. The predicted octanol–water partition coefficient (Wildman–Crippen LogP) is -0.0655. The number of ketones is 1. The summed E-state index contributed by atoms with van der Waals surface area (Å²) >= 11 is 0. The SMILES string of the molecule is COc1ncc(C(C)=O)nc1S(=O)(=O)O. The first-order valence-corrected chi connectivity index (χ1v) is 5.19. The number of carbonyl (C=O) groups is 1. The van der Waals surface area contributed by atoms with E-state index in [0.717, 1.165) is 6.20 Å². The molecule has 0 aromatic carbocycles. The quantitative estimate of drug-likeness (QED) is 0.574. The average molecular weight is 232 g/mol. The Balaban J connectivity index is 3.46. The molecule has 0 aliphatic heterocycles. The normalized spacial score (nSPS) is 11.1. The molecule has 0 unspecified atom stereocenters. The van der Waals surface area contributed by atoms with Gasteiger partial charge < -0.3 is 4.74 Å². The molecule has 1 rings (SSSR count). The number of aromatic nitrogens is 2. The van der Waals surface area contributed by atoms with Crippen molar-refractivity contribution in [2.75, 3.05) is 7.11 Å². The molecule has 7 nitrogen and oxygen atoms in total. The van der Waals surface area contributed by atoms with E-state index >= 15 is 0 Å². The zero-order chi connectivity index (χ0) is 11.6. The lowest BCUT2D eigenvalue weighted by atomic mass is 10.3. The van der Waals surface area contributed by atoms with Crippen molar-refractivity contribution >= 4 is 15.9 Å².